The van der Waals surface area contributed by atoms with Crippen LogP contribution in [-0.2, 0) is 0 Å². The maximum atomic E-state index is 9.77. The quantitative estimate of drug-likeness (QED) is 0.428. The Morgan fingerprint density at radius 2 is 1.86 bits per heavy atom. The van der Waals surface area contributed by atoms with E-state index in [9.17, 15) is 10.2 Å². The average molecular weight is 315 g/mol. The lowest BCUT2D eigenvalue weighted by Gasteiger charge is -2.27. The van der Waals surface area contributed by atoms with E-state index in [1.54, 1.807) is 6.92 Å². The van der Waals surface area contributed by atoms with E-state index < -0.39 is 11.7 Å². The van der Waals surface area contributed by atoms with E-state index in [-0.39, 0.29) is 24.0 Å². The van der Waals surface area contributed by atoms with Gasteiger partial charge < -0.3 is 38.7 Å². The summed E-state index contributed by atoms with van der Waals surface area (Å²) in [6.45, 7) is 2.75. The van der Waals surface area contributed by atoms with Crippen LogP contribution in [0.4, 0.5) is 0 Å². The van der Waals surface area contributed by atoms with E-state index in [4.69, 9.17) is 0 Å². The minimum Gasteiger partial charge on any atom is -1.00 e. The molecule has 3 atom stereocenters. The van der Waals surface area contributed by atoms with Crippen molar-refractivity contribution in [1.29, 1.82) is 0 Å². The van der Waals surface area contributed by atoms with Crippen LogP contribution in [-0.4, -0.2) is 54.1 Å². The zero-order chi connectivity index (χ0) is 10.3. The highest BCUT2D eigenvalue weighted by atomic mass is 127. The molecule has 14 heavy (non-hydrogen) atoms. The van der Waals surface area contributed by atoms with Gasteiger partial charge in [0.05, 0.1) is 39.4 Å². The largest absolute Gasteiger partial charge is 1.00 e. The van der Waals surface area contributed by atoms with Crippen LogP contribution in [0.25, 0.3) is 0 Å². The third-order valence-electron chi connectivity index (χ3n) is 2.78. The molecule has 0 aromatic carbocycles. The number of halogens is 1. The van der Waals surface area contributed by atoms with Crippen molar-refractivity contribution < 1.29 is 38.7 Å². The summed E-state index contributed by atoms with van der Waals surface area (Å²) in [4.78, 5) is 0. The Labute approximate surface area is 104 Å². The standard InChI is InChI=1S/C10H22NO2.HI/c1-10(13)6-8(5-9(10)12)7-11(2,3)4;/h8-9,12-13H,5-7H2,1-4H3;1H/q+1;/p-1/t8-,9-,10+;/m1./s1. The first kappa shape index (κ1) is 14.6. The highest BCUT2D eigenvalue weighted by molar-refractivity contribution is 4.92. The lowest BCUT2D eigenvalue weighted by Crippen LogP contribution is -3.00. The summed E-state index contributed by atoms with van der Waals surface area (Å²) >= 11 is 0. The van der Waals surface area contributed by atoms with Crippen LogP contribution < -0.4 is 24.0 Å². The second kappa shape index (κ2) is 4.63. The van der Waals surface area contributed by atoms with Crippen LogP contribution in [0.5, 0.6) is 0 Å². The Balaban J connectivity index is 0.00000169. The number of aliphatic hydroxyl groups excluding tert-OH is 1. The summed E-state index contributed by atoms with van der Waals surface area (Å²) in [6.07, 6.45) is 0.927. The summed E-state index contributed by atoms with van der Waals surface area (Å²) in [5.74, 6) is 0.449. The van der Waals surface area contributed by atoms with Crippen molar-refractivity contribution in [2.45, 2.75) is 31.5 Å². The maximum Gasteiger partial charge on any atom is 0.0882 e. The van der Waals surface area contributed by atoms with Gasteiger partial charge in [-0.15, -0.1) is 0 Å². The predicted molar refractivity (Wildman–Crippen MR) is 52.3 cm³/mol. The molecule has 1 fully saturated rings. The number of quaternary nitrogens is 1. The van der Waals surface area contributed by atoms with Crippen LogP contribution in [0, 0.1) is 5.92 Å². The second-order valence-electron chi connectivity index (χ2n) is 5.65. The monoisotopic (exact) mass is 315 g/mol. The predicted octanol–water partition coefficient (Wildman–Crippen LogP) is -2.78. The van der Waals surface area contributed by atoms with Crippen LogP contribution in [0.15, 0.2) is 0 Å². The van der Waals surface area contributed by atoms with Crippen molar-refractivity contribution in [3.8, 4) is 0 Å². The highest BCUT2D eigenvalue weighted by Gasteiger charge is 2.43. The van der Waals surface area contributed by atoms with Crippen molar-refractivity contribution in [3.05, 3.63) is 0 Å². The smallest absolute Gasteiger partial charge is 0.0882 e. The summed E-state index contributed by atoms with van der Waals surface area (Å²) in [7, 11) is 6.41. The van der Waals surface area contributed by atoms with Gasteiger partial charge in [0.2, 0.25) is 0 Å². The van der Waals surface area contributed by atoms with Crippen molar-refractivity contribution in [2.24, 2.45) is 5.92 Å². The average Bonchev–Trinajstić information content (AvgIpc) is 2.01. The molecule has 0 saturated heterocycles. The van der Waals surface area contributed by atoms with Crippen molar-refractivity contribution in [1.82, 2.24) is 0 Å². The Bertz CT molecular complexity index is 187. The lowest BCUT2D eigenvalue weighted by molar-refractivity contribution is -0.873. The molecule has 0 bridgehead atoms. The fraction of sp³-hybridized carbons (Fsp3) is 1.00. The van der Waals surface area contributed by atoms with Gasteiger partial charge in [0.1, 0.15) is 0 Å². The van der Waals surface area contributed by atoms with Gasteiger partial charge in [0.25, 0.3) is 0 Å². The molecule has 0 heterocycles. The number of hydrogen-bond acceptors (Lipinski definition) is 2. The van der Waals surface area contributed by atoms with Gasteiger partial charge in [-0.1, -0.05) is 0 Å². The molecule has 2 N–H and O–H groups in total. The molecule has 3 nitrogen and oxygen atoms in total. The molecule has 0 aliphatic heterocycles. The molecule has 0 radical (unpaired) electrons. The lowest BCUT2D eigenvalue weighted by atomic mass is 10.0. The van der Waals surface area contributed by atoms with E-state index >= 15 is 0 Å². The maximum absolute atomic E-state index is 9.77. The first-order valence-corrected chi connectivity index (χ1v) is 4.91. The number of aliphatic hydroxyl groups is 2. The molecule has 0 aromatic rings. The molecule has 1 aliphatic rings. The Morgan fingerprint density at radius 1 is 1.36 bits per heavy atom. The van der Waals surface area contributed by atoms with Gasteiger partial charge in [-0.05, 0) is 19.8 Å². The molecule has 0 unspecified atom stereocenters. The SMILES string of the molecule is C[C@]1(O)C[C@H](C[N+](C)(C)C)C[C@H]1O.[I-]. The fourth-order valence-electron chi connectivity index (χ4n) is 2.29. The summed E-state index contributed by atoms with van der Waals surface area (Å²) in [6, 6.07) is 0. The zero-order valence-corrected chi connectivity index (χ0v) is 11.7. The Morgan fingerprint density at radius 3 is 2.14 bits per heavy atom. The van der Waals surface area contributed by atoms with Crippen LogP contribution in [0.3, 0.4) is 0 Å². The minimum absolute atomic E-state index is 0. The summed E-state index contributed by atoms with van der Waals surface area (Å²) in [5.41, 5.74) is -0.861. The third-order valence-corrected chi connectivity index (χ3v) is 2.78. The first-order valence-electron chi connectivity index (χ1n) is 4.91. The van der Waals surface area contributed by atoms with E-state index in [1.165, 1.54) is 0 Å². The van der Waals surface area contributed by atoms with Gasteiger partial charge in [-0.2, -0.15) is 0 Å². The van der Waals surface area contributed by atoms with Gasteiger partial charge in [0, 0.05) is 5.92 Å². The molecular formula is C10H22INO2. The van der Waals surface area contributed by atoms with Gasteiger partial charge in [-0.25, -0.2) is 0 Å². The Kier molecular flexibility index (Phi) is 4.84. The number of hydrogen-bond donors (Lipinski definition) is 2. The van der Waals surface area contributed by atoms with Crippen LogP contribution >= 0.6 is 0 Å². The van der Waals surface area contributed by atoms with Crippen molar-refractivity contribution in [3.63, 3.8) is 0 Å². The van der Waals surface area contributed by atoms with Crippen LogP contribution in [0.1, 0.15) is 19.8 Å². The molecule has 0 amide bonds. The topological polar surface area (TPSA) is 40.5 Å². The van der Waals surface area contributed by atoms with E-state index in [0.29, 0.717) is 5.92 Å². The fourth-order valence-corrected chi connectivity index (χ4v) is 2.29. The molecule has 86 valence electrons. The van der Waals surface area contributed by atoms with Gasteiger partial charge >= 0.3 is 0 Å². The summed E-state index contributed by atoms with van der Waals surface area (Å²) < 4.78 is 0.896. The molecule has 4 heteroatoms. The zero-order valence-electron chi connectivity index (χ0n) is 9.50. The van der Waals surface area contributed by atoms with E-state index in [2.05, 4.69) is 21.1 Å². The molecule has 1 saturated carbocycles. The van der Waals surface area contributed by atoms with Gasteiger partial charge in [-0.3, -0.25) is 0 Å². The molecule has 0 spiro atoms. The molecule has 1 aliphatic carbocycles. The number of nitrogens with zero attached hydrogens (tertiary/aromatic N) is 1. The third kappa shape index (κ3) is 4.00. The molecule has 1 rings (SSSR count). The van der Waals surface area contributed by atoms with Crippen LogP contribution in [0.2, 0.25) is 0 Å². The molecule has 0 aromatic heterocycles. The normalized spacial score (nSPS) is 38.1. The Hall–Kier alpha value is 0.610. The minimum atomic E-state index is -0.861. The number of rotatable bonds is 2. The van der Waals surface area contributed by atoms with E-state index in [1.807, 2.05) is 0 Å². The van der Waals surface area contributed by atoms with Gasteiger partial charge in [0.15, 0.2) is 0 Å². The second-order valence-corrected chi connectivity index (χ2v) is 5.65. The first-order chi connectivity index (χ1) is 5.71. The van der Waals surface area contributed by atoms with Crippen molar-refractivity contribution >= 4 is 0 Å². The molecular weight excluding hydrogens is 293 g/mol. The van der Waals surface area contributed by atoms with E-state index in [0.717, 1.165) is 23.9 Å². The summed E-state index contributed by atoms with van der Waals surface area (Å²) in [5, 5.41) is 19.3. The highest BCUT2D eigenvalue weighted by Crippen LogP contribution is 2.35. The van der Waals surface area contributed by atoms with Crippen molar-refractivity contribution in [2.75, 3.05) is 27.7 Å².